The third-order valence-corrected chi connectivity index (χ3v) is 5.24. The topological polar surface area (TPSA) is 15.8 Å². The van der Waals surface area contributed by atoms with Crippen LogP contribution in [0.5, 0.6) is 0 Å². The molecule has 4 rings (SSSR count). The van der Waals surface area contributed by atoms with Crippen LogP contribution in [0, 0.1) is 5.82 Å². The summed E-state index contributed by atoms with van der Waals surface area (Å²) in [4.78, 5) is 5.50. The van der Waals surface area contributed by atoms with E-state index in [1.165, 1.54) is 6.07 Å². The predicted molar refractivity (Wildman–Crippen MR) is 99.3 cm³/mol. The van der Waals surface area contributed by atoms with Crippen LogP contribution in [0.1, 0.15) is 0 Å². The fraction of sp³-hybridized carbons (Fsp3) is 0. The number of hydrogen-bond donors (Lipinski definition) is 1. The molecule has 0 amide bonds. The Labute approximate surface area is 148 Å². The van der Waals surface area contributed by atoms with Crippen LogP contribution in [0.4, 0.5) is 4.39 Å². The summed E-state index contributed by atoms with van der Waals surface area (Å²) in [6.07, 6.45) is 0. The number of benzene rings is 3. The summed E-state index contributed by atoms with van der Waals surface area (Å²) in [7, 11) is 0. The number of rotatable bonds is 3. The first kappa shape index (κ1) is 15.3. The molecular weight excluding hydrogens is 341 g/mol. The van der Waals surface area contributed by atoms with Crippen molar-refractivity contribution < 1.29 is 4.39 Å². The molecule has 1 heterocycles. The maximum atomic E-state index is 14.0. The Kier molecular flexibility index (Phi) is 4.05. The molecule has 0 bridgehead atoms. The lowest BCUT2D eigenvalue weighted by atomic mass is 10.1. The molecule has 4 aromatic rings. The highest BCUT2D eigenvalue weighted by Gasteiger charge is 2.16. The van der Waals surface area contributed by atoms with Gasteiger partial charge in [-0.2, -0.15) is 0 Å². The van der Waals surface area contributed by atoms with E-state index in [1.54, 1.807) is 17.8 Å². The molecule has 0 aliphatic carbocycles. The van der Waals surface area contributed by atoms with Gasteiger partial charge in [0.15, 0.2) is 0 Å². The van der Waals surface area contributed by atoms with Crippen molar-refractivity contribution in [3.05, 3.63) is 83.6 Å². The number of aromatic nitrogens is 1. The minimum atomic E-state index is -0.405. The van der Waals surface area contributed by atoms with Gasteiger partial charge in [-0.05, 0) is 29.8 Å². The second-order valence-electron chi connectivity index (χ2n) is 5.42. The van der Waals surface area contributed by atoms with Crippen LogP contribution in [0.2, 0.25) is 5.02 Å². The highest BCUT2D eigenvalue weighted by atomic mass is 35.5. The van der Waals surface area contributed by atoms with Crippen molar-refractivity contribution in [1.29, 1.82) is 0 Å². The van der Waals surface area contributed by atoms with E-state index in [2.05, 4.69) is 4.98 Å². The molecule has 0 saturated heterocycles. The van der Waals surface area contributed by atoms with Crippen molar-refractivity contribution in [1.82, 2.24) is 4.98 Å². The highest BCUT2D eigenvalue weighted by molar-refractivity contribution is 7.99. The second kappa shape index (κ2) is 6.34. The lowest BCUT2D eigenvalue weighted by molar-refractivity contribution is 0.630. The predicted octanol–water partition coefficient (Wildman–Crippen LogP) is 6.78. The Morgan fingerprint density at radius 1 is 0.875 bits per heavy atom. The van der Waals surface area contributed by atoms with Gasteiger partial charge in [-0.15, -0.1) is 0 Å². The van der Waals surface area contributed by atoms with Gasteiger partial charge in [0.2, 0.25) is 0 Å². The van der Waals surface area contributed by atoms with Crippen LogP contribution in [-0.4, -0.2) is 4.98 Å². The lowest BCUT2D eigenvalue weighted by Gasteiger charge is -2.05. The maximum absolute atomic E-state index is 14.0. The van der Waals surface area contributed by atoms with Crippen molar-refractivity contribution in [2.75, 3.05) is 0 Å². The summed E-state index contributed by atoms with van der Waals surface area (Å²) < 4.78 is 14.0. The monoisotopic (exact) mass is 353 g/mol. The van der Waals surface area contributed by atoms with E-state index in [0.29, 0.717) is 0 Å². The van der Waals surface area contributed by atoms with Gasteiger partial charge >= 0.3 is 0 Å². The highest BCUT2D eigenvalue weighted by Crippen LogP contribution is 2.42. The zero-order valence-electron chi connectivity index (χ0n) is 12.6. The van der Waals surface area contributed by atoms with Crippen molar-refractivity contribution in [2.24, 2.45) is 0 Å². The summed E-state index contributed by atoms with van der Waals surface area (Å²) in [5.74, 6) is -0.405. The molecule has 24 heavy (non-hydrogen) atoms. The van der Waals surface area contributed by atoms with Gasteiger partial charge in [-0.1, -0.05) is 71.9 Å². The summed E-state index contributed by atoms with van der Waals surface area (Å²) >= 11 is 7.57. The van der Waals surface area contributed by atoms with Crippen molar-refractivity contribution >= 4 is 34.3 Å². The Bertz CT molecular complexity index is 997. The minimum Gasteiger partial charge on any atom is -0.354 e. The van der Waals surface area contributed by atoms with Crippen molar-refractivity contribution in [2.45, 2.75) is 9.79 Å². The molecule has 0 saturated carbocycles. The molecule has 0 aliphatic heterocycles. The molecule has 1 aromatic heterocycles. The molecular formula is C20H13ClFNS. The Balaban J connectivity index is 1.95. The van der Waals surface area contributed by atoms with E-state index < -0.39 is 5.82 Å². The average molecular weight is 354 g/mol. The van der Waals surface area contributed by atoms with Crippen LogP contribution < -0.4 is 0 Å². The molecule has 0 spiro atoms. The Morgan fingerprint density at radius 2 is 1.54 bits per heavy atom. The van der Waals surface area contributed by atoms with Gasteiger partial charge in [0, 0.05) is 20.7 Å². The summed E-state index contributed by atoms with van der Waals surface area (Å²) in [5, 5.41) is 0.962. The molecule has 0 unspecified atom stereocenters. The summed E-state index contributed by atoms with van der Waals surface area (Å²) in [6.45, 7) is 0. The molecule has 0 atom stereocenters. The van der Waals surface area contributed by atoms with Gasteiger partial charge in [-0.3, -0.25) is 0 Å². The van der Waals surface area contributed by atoms with Crippen LogP contribution in [0.15, 0.2) is 82.6 Å². The van der Waals surface area contributed by atoms with Crippen LogP contribution in [0.3, 0.4) is 0 Å². The number of fused-ring (bicyclic) bond motifs is 1. The first-order chi connectivity index (χ1) is 11.7. The number of aromatic amines is 1. The zero-order chi connectivity index (χ0) is 16.5. The first-order valence-corrected chi connectivity index (χ1v) is 8.71. The van der Waals surface area contributed by atoms with Crippen LogP contribution in [-0.2, 0) is 0 Å². The largest absolute Gasteiger partial charge is 0.354 e. The molecule has 1 nitrogen and oxygen atoms in total. The van der Waals surface area contributed by atoms with E-state index in [9.17, 15) is 4.39 Å². The van der Waals surface area contributed by atoms with Gasteiger partial charge < -0.3 is 4.98 Å². The molecule has 0 aliphatic rings. The average Bonchev–Trinajstić information content (AvgIpc) is 2.95. The van der Waals surface area contributed by atoms with Gasteiger partial charge in [0.1, 0.15) is 5.82 Å². The second-order valence-corrected chi connectivity index (χ2v) is 6.91. The van der Waals surface area contributed by atoms with E-state index in [1.807, 2.05) is 60.7 Å². The van der Waals surface area contributed by atoms with E-state index in [-0.39, 0.29) is 5.02 Å². The molecule has 3 aromatic carbocycles. The van der Waals surface area contributed by atoms with E-state index in [0.717, 1.165) is 32.0 Å². The zero-order valence-corrected chi connectivity index (χ0v) is 14.2. The minimum absolute atomic E-state index is 0.125. The maximum Gasteiger partial charge on any atom is 0.142 e. The lowest BCUT2D eigenvalue weighted by Crippen LogP contribution is -1.80. The normalized spacial score (nSPS) is 11.1. The fourth-order valence-corrected chi connectivity index (χ4v) is 3.93. The first-order valence-electron chi connectivity index (χ1n) is 7.51. The molecule has 4 heteroatoms. The van der Waals surface area contributed by atoms with Gasteiger partial charge in [0.25, 0.3) is 0 Å². The summed E-state index contributed by atoms with van der Waals surface area (Å²) in [6, 6.07) is 23.3. The standard InChI is InChI=1S/C20H13ClFNS/c21-16-12-18-15(11-17(16)22)20(24-14-9-5-2-6-10-14)19(23-18)13-7-3-1-4-8-13/h1-12,23H. The smallest absolute Gasteiger partial charge is 0.142 e. The molecule has 0 fully saturated rings. The van der Waals surface area contributed by atoms with Crippen molar-refractivity contribution in [3.63, 3.8) is 0 Å². The quantitative estimate of drug-likeness (QED) is 0.429. The SMILES string of the molecule is Fc1cc2c(Sc3ccccc3)c(-c3ccccc3)[nH]c2cc1Cl. The van der Waals surface area contributed by atoms with Gasteiger partial charge in [-0.25, -0.2) is 4.39 Å². The van der Waals surface area contributed by atoms with E-state index >= 15 is 0 Å². The van der Waals surface area contributed by atoms with Gasteiger partial charge in [0.05, 0.1) is 10.7 Å². The fourth-order valence-electron chi connectivity index (χ4n) is 2.68. The number of H-pyrrole nitrogens is 1. The summed E-state index contributed by atoms with van der Waals surface area (Å²) in [5.41, 5.74) is 2.86. The molecule has 0 radical (unpaired) electrons. The van der Waals surface area contributed by atoms with Crippen molar-refractivity contribution in [3.8, 4) is 11.3 Å². The third kappa shape index (κ3) is 2.81. The van der Waals surface area contributed by atoms with Crippen LogP contribution >= 0.6 is 23.4 Å². The third-order valence-electron chi connectivity index (χ3n) is 3.82. The number of hydrogen-bond acceptors (Lipinski definition) is 1. The number of nitrogens with one attached hydrogen (secondary N) is 1. The molecule has 1 N–H and O–H groups in total. The number of halogens is 2. The molecule has 118 valence electrons. The van der Waals surface area contributed by atoms with Crippen LogP contribution in [0.25, 0.3) is 22.2 Å². The van der Waals surface area contributed by atoms with E-state index in [4.69, 9.17) is 11.6 Å². The Morgan fingerprint density at radius 3 is 2.25 bits per heavy atom. The Hall–Kier alpha value is -2.23.